The van der Waals surface area contributed by atoms with Gasteiger partial charge in [0.05, 0.1) is 10.7 Å². The number of thiazole rings is 1. The first-order valence-corrected chi connectivity index (χ1v) is 8.10. The quantitative estimate of drug-likeness (QED) is 0.854. The number of aryl methyl sites for hydroxylation is 2. The van der Waals surface area contributed by atoms with Gasteiger partial charge in [-0.1, -0.05) is 0 Å². The summed E-state index contributed by atoms with van der Waals surface area (Å²) in [5, 5.41) is 0.922. The molecule has 0 saturated carbocycles. The fourth-order valence-corrected chi connectivity index (χ4v) is 3.58. The Bertz CT molecular complexity index is 675. The summed E-state index contributed by atoms with van der Waals surface area (Å²) in [5.74, 6) is -0.157. The van der Waals surface area contributed by atoms with Gasteiger partial charge in [-0.3, -0.25) is 4.79 Å². The average molecular weight is 319 g/mol. The van der Waals surface area contributed by atoms with Gasteiger partial charge in [-0.2, -0.15) is 0 Å². The standard InChI is InChI=1S/C16H18FN3OS/c1-11-15(22-12(2)18-11)16(21)20-9-7-19(8-10-20)14-5-3-13(17)4-6-14/h3-6H,7-10H2,1-2H3. The summed E-state index contributed by atoms with van der Waals surface area (Å²) < 4.78 is 13.0. The minimum atomic E-state index is -0.228. The summed E-state index contributed by atoms with van der Waals surface area (Å²) in [6.45, 7) is 6.66. The molecule has 6 heteroatoms. The van der Waals surface area contributed by atoms with E-state index in [1.54, 1.807) is 12.1 Å². The van der Waals surface area contributed by atoms with Crippen molar-refractivity contribution in [3.8, 4) is 0 Å². The lowest BCUT2D eigenvalue weighted by Gasteiger charge is -2.36. The van der Waals surface area contributed by atoms with E-state index in [0.29, 0.717) is 13.1 Å². The first-order valence-electron chi connectivity index (χ1n) is 7.28. The lowest BCUT2D eigenvalue weighted by Crippen LogP contribution is -2.48. The number of anilines is 1. The molecule has 1 aromatic heterocycles. The third-order valence-corrected chi connectivity index (χ3v) is 4.92. The summed E-state index contributed by atoms with van der Waals surface area (Å²) in [6, 6.07) is 6.50. The number of hydrogen-bond donors (Lipinski definition) is 0. The SMILES string of the molecule is Cc1nc(C)c(C(=O)N2CCN(c3ccc(F)cc3)CC2)s1. The van der Waals surface area contributed by atoms with E-state index in [9.17, 15) is 9.18 Å². The van der Waals surface area contributed by atoms with Crippen LogP contribution in [-0.2, 0) is 0 Å². The van der Waals surface area contributed by atoms with Crippen molar-refractivity contribution in [1.29, 1.82) is 0 Å². The number of rotatable bonds is 2. The van der Waals surface area contributed by atoms with E-state index in [1.165, 1.54) is 23.5 Å². The number of carbonyl (C=O) groups is 1. The molecule has 0 radical (unpaired) electrons. The number of hydrogen-bond acceptors (Lipinski definition) is 4. The van der Waals surface area contributed by atoms with Crippen LogP contribution in [0.25, 0.3) is 0 Å². The number of carbonyl (C=O) groups excluding carboxylic acids is 1. The molecule has 1 fully saturated rings. The molecule has 0 N–H and O–H groups in total. The van der Waals surface area contributed by atoms with E-state index in [0.717, 1.165) is 34.4 Å². The number of benzene rings is 1. The zero-order chi connectivity index (χ0) is 15.7. The van der Waals surface area contributed by atoms with Crippen LogP contribution in [0.1, 0.15) is 20.4 Å². The van der Waals surface area contributed by atoms with Gasteiger partial charge in [-0.05, 0) is 38.1 Å². The van der Waals surface area contributed by atoms with Crippen molar-refractivity contribution in [2.45, 2.75) is 13.8 Å². The van der Waals surface area contributed by atoms with Gasteiger partial charge in [-0.25, -0.2) is 9.37 Å². The molecular weight excluding hydrogens is 301 g/mol. The molecule has 3 rings (SSSR count). The molecule has 2 heterocycles. The molecule has 0 aliphatic carbocycles. The van der Waals surface area contributed by atoms with Crippen LogP contribution < -0.4 is 4.90 Å². The predicted octanol–water partition coefficient (Wildman–Crippen LogP) is 2.86. The molecular formula is C16H18FN3OS. The monoisotopic (exact) mass is 319 g/mol. The lowest BCUT2D eigenvalue weighted by molar-refractivity contribution is 0.0750. The summed E-state index contributed by atoms with van der Waals surface area (Å²) >= 11 is 1.46. The van der Waals surface area contributed by atoms with E-state index >= 15 is 0 Å². The Balaban J connectivity index is 1.65. The molecule has 1 amide bonds. The Morgan fingerprint density at radius 3 is 2.32 bits per heavy atom. The smallest absolute Gasteiger partial charge is 0.265 e. The predicted molar refractivity (Wildman–Crippen MR) is 86.1 cm³/mol. The fraction of sp³-hybridized carbons (Fsp3) is 0.375. The van der Waals surface area contributed by atoms with Crippen LogP contribution in [-0.4, -0.2) is 42.0 Å². The number of piperazine rings is 1. The van der Waals surface area contributed by atoms with Gasteiger partial charge < -0.3 is 9.80 Å². The molecule has 1 saturated heterocycles. The van der Waals surface area contributed by atoms with Crippen molar-refractivity contribution in [3.05, 3.63) is 45.7 Å². The van der Waals surface area contributed by atoms with Gasteiger partial charge >= 0.3 is 0 Å². The van der Waals surface area contributed by atoms with Gasteiger partial charge in [0, 0.05) is 31.9 Å². The number of amides is 1. The van der Waals surface area contributed by atoms with Crippen molar-refractivity contribution in [2.24, 2.45) is 0 Å². The van der Waals surface area contributed by atoms with Crippen molar-refractivity contribution >= 4 is 22.9 Å². The van der Waals surface area contributed by atoms with Crippen molar-refractivity contribution in [2.75, 3.05) is 31.1 Å². The maximum atomic E-state index is 13.0. The summed E-state index contributed by atoms with van der Waals surface area (Å²) in [7, 11) is 0. The molecule has 1 aliphatic rings. The third kappa shape index (κ3) is 2.97. The van der Waals surface area contributed by atoms with E-state index in [2.05, 4.69) is 9.88 Å². The number of nitrogens with zero attached hydrogens (tertiary/aromatic N) is 3. The normalized spacial score (nSPS) is 15.2. The Morgan fingerprint density at radius 2 is 1.77 bits per heavy atom. The van der Waals surface area contributed by atoms with E-state index < -0.39 is 0 Å². The van der Waals surface area contributed by atoms with Crippen molar-refractivity contribution < 1.29 is 9.18 Å². The molecule has 4 nitrogen and oxygen atoms in total. The van der Waals surface area contributed by atoms with Crippen LogP contribution in [0.15, 0.2) is 24.3 Å². The third-order valence-electron chi connectivity index (χ3n) is 3.86. The molecule has 0 atom stereocenters. The van der Waals surface area contributed by atoms with Gasteiger partial charge in [0.25, 0.3) is 5.91 Å². The maximum absolute atomic E-state index is 13.0. The highest BCUT2D eigenvalue weighted by molar-refractivity contribution is 7.13. The molecule has 2 aromatic rings. The largest absolute Gasteiger partial charge is 0.368 e. The second-order valence-corrected chi connectivity index (χ2v) is 6.61. The zero-order valence-corrected chi connectivity index (χ0v) is 13.5. The van der Waals surface area contributed by atoms with Gasteiger partial charge in [0.1, 0.15) is 10.7 Å². The van der Waals surface area contributed by atoms with E-state index in [-0.39, 0.29) is 11.7 Å². The van der Waals surface area contributed by atoms with Gasteiger partial charge in [-0.15, -0.1) is 11.3 Å². The highest BCUT2D eigenvalue weighted by Gasteiger charge is 2.25. The Hall–Kier alpha value is -1.95. The Morgan fingerprint density at radius 1 is 1.14 bits per heavy atom. The van der Waals surface area contributed by atoms with Crippen molar-refractivity contribution in [1.82, 2.24) is 9.88 Å². The highest BCUT2D eigenvalue weighted by Crippen LogP contribution is 2.22. The minimum Gasteiger partial charge on any atom is -0.368 e. The van der Waals surface area contributed by atoms with Crippen LogP contribution in [0.2, 0.25) is 0 Å². The topological polar surface area (TPSA) is 36.4 Å². The fourth-order valence-electron chi connectivity index (χ4n) is 2.69. The van der Waals surface area contributed by atoms with E-state index in [1.807, 2.05) is 18.7 Å². The molecule has 1 aromatic carbocycles. The molecule has 0 bridgehead atoms. The molecule has 116 valence electrons. The minimum absolute atomic E-state index is 0.0712. The average Bonchev–Trinajstić information content (AvgIpc) is 2.86. The Labute approximate surface area is 133 Å². The van der Waals surface area contributed by atoms with Crippen LogP contribution in [0.3, 0.4) is 0 Å². The first kappa shape index (κ1) is 15.0. The van der Waals surface area contributed by atoms with Crippen molar-refractivity contribution in [3.63, 3.8) is 0 Å². The van der Waals surface area contributed by atoms with Gasteiger partial charge in [0.15, 0.2) is 0 Å². The second-order valence-electron chi connectivity index (χ2n) is 5.40. The first-order chi connectivity index (χ1) is 10.5. The summed E-state index contributed by atoms with van der Waals surface area (Å²) in [6.07, 6.45) is 0. The second kappa shape index (κ2) is 6.04. The van der Waals surface area contributed by atoms with Crippen LogP contribution in [0.4, 0.5) is 10.1 Å². The van der Waals surface area contributed by atoms with Crippen LogP contribution in [0, 0.1) is 19.7 Å². The van der Waals surface area contributed by atoms with Crippen LogP contribution in [0.5, 0.6) is 0 Å². The maximum Gasteiger partial charge on any atom is 0.265 e. The Kier molecular flexibility index (Phi) is 4.11. The summed E-state index contributed by atoms with van der Waals surface area (Å²) in [4.78, 5) is 21.7. The van der Waals surface area contributed by atoms with Crippen LogP contribution >= 0.6 is 11.3 Å². The number of halogens is 1. The molecule has 0 unspecified atom stereocenters. The molecule has 1 aliphatic heterocycles. The zero-order valence-electron chi connectivity index (χ0n) is 12.7. The molecule has 22 heavy (non-hydrogen) atoms. The number of aromatic nitrogens is 1. The summed E-state index contributed by atoms with van der Waals surface area (Å²) in [5.41, 5.74) is 1.81. The highest BCUT2D eigenvalue weighted by atomic mass is 32.1. The molecule has 0 spiro atoms. The van der Waals surface area contributed by atoms with Gasteiger partial charge in [0.2, 0.25) is 0 Å². The van der Waals surface area contributed by atoms with E-state index in [4.69, 9.17) is 0 Å². The lowest BCUT2D eigenvalue weighted by atomic mass is 10.2.